The minimum absolute atomic E-state index is 0.0103. The lowest BCUT2D eigenvalue weighted by Gasteiger charge is -2.53. The number of amides is 3. The van der Waals surface area contributed by atoms with Gasteiger partial charge in [-0.05, 0) is 41.5 Å². The molecule has 1 aromatic rings. The number of ether oxygens (including phenoxy) is 3. The van der Waals surface area contributed by atoms with Crippen molar-refractivity contribution < 1.29 is 28.6 Å². The van der Waals surface area contributed by atoms with E-state index in [-0.39, 0.29) is 37.2 Å². The zero-order valence-corrected chi connectivity index (χ0v) is 20.7. The van der Waals surface area contributed by atoms with Gasteiger partial charge in [-0.3, -0.25) is 4.79 Å². The molecule has 0 bridgehead atoms. The first-order chi connectivity index (χ1) is 15.2. The quantitative estimate of drug-likeness (QED) is 0.626. The van der Waals surface area contributed by atoms with Crippen LogP contribution in [-0.2, 0) is 19.0 Å². The van der Waals surface area contributed by atoms with Gasteiger partial charge in [0.1, 0.15) is 11.2 Å². The van der Waals surface area contributed by atoms with Crippen molar-refractivity contribution in [1.29, 1.82) is 0 Å². The predicted molar refractivity (Wildman–Crippen MR) is 121 cm³/mol. The highest BCUT2D eigenvalue weighted by atomic mass is 35.5. The second kappa shape index (κ2) is 8.60. The van der Waals surface area contributed by atoms with Crippen LogP contribution in [0.2, 0.25) is 5.15 Å². The van der Waals surface area contributed by atoms with Gasteiger partial charge in [0.05, 0.1) is 18.8 Å². The SMILES string of the molecule is COCC12CN(C(=O)OC(C)(C)C)CCN1c1cc(Cl)nnc1N(C(=O)OC(C)(C)C)C2=O. The summed E-state index contributed by atoms with van der Waals surface area (Å²) >= 11 is 6.12. The molecule has 2 aliphatic rings. The van der Waals surface area contributed by atoms with Crippen molar-refractivity contribution in [1.82, 2.24) is 15.1 Å². The van der Waals surface area contributed by atoms with Crippen LogP contribution < -0.4 is 9.80 Å². The first kappa shape index (κ1) is 25.0. The molecule has 0 saturated carbocycles. The second-order valence-corrected chi connectivity index (χ2v) is 10.4. The summed E-state index contributed by atoms with van der Waals surface area (Å²) in [6, 6.07) is 1.53. The van der Waals surface area contributed by atoms with Crippen molar-refractivity contribution in [3.8, 4) is 0 Å². The van der Waals surface area contributed by atoms with E-state index in [0.29, 0.717) is 5.69 Å². The van der Waals surface area contributed by atoms with Crippen molar-refractivity contribution >= 4 is 41.2 Å². The summed E-state index contributed by atoms with van der Waals surface area (Å²) in [5.74, 6) is -0.632. The smallest absolute Gasteiger partial charge is 0.423 e. The molecule has 1 unspecified atom stereocenters. The topological polar surface area (TPSA) is 114 Å². The number of anilines is 2. The maximum atomic E-state index is 13.9. The van der Waals surface area contributed by atoms with Crippen LogP contribution in [0, 0.1) is 0 Å². The third-order valence-electron chi connectivity index (χ3n) is 5.00. The van der Waals surface area contributed by atoms with E-state index >= 15 is 0 Å². The van der Waals surface area contributed by atoms with Gasteiger partial charge in [0, 0.05) is 26.3 Å². The number of methoxy groups -OCH3 is 1. The van der Waals surface area contributed by atoms with Gasteiger partial charge in [0.25, 0.3) is 5.91 Å². The molecule has 0 N–H and O–H groups in total. The molecule has 2 aliphatic heterocycles. The molecule has 11 nitrogen and oxygen atoms in total. The molecule has 33 heavy (non-hydrogen) atoms. The largest absolute Gasteiger partial charge is 0.444 e. The number of hydrogen-bond acceptors (Lipinski definition) is 9. The summed E-state index contributed by atoms with van der Waals surface area (Å²) in [7, 11) is 1.44. The zero-order chi connectivity index (χ0) is 24.8. The van der Waals surface area contributed by atoms with Crippen molar-refractivity contribution in [2.45, 2.75) is 58.3 Å². The van der Waals surface area contributed by atoms with Gasteiger partial charge in [0.2, 0.25) is 0 Å². The van der Waals surface area contributed by atoms with Crippen LogP contribution >= 0.6 is 11.6 Å². The number of carbonyl (C=O) groups is 3. The molecule has 3 heterocycles. The highest BCUT2D eigenvalue weighted by Gasteiger charge is 2.58. The van der Waals surface area contributed by atoms with Gasteiger partial charge in [-0.2, -0.15) is 4.90 Å². The fourth-order valence-corrected chi connectivity index (χ4v) is 3.99. The van der Waals surface area contributed by atoms with Crippen LogP contribution in [0.4, 0.5) is 21.1 Å². The lowest BCUT2D eigenvalue weighted by Crippen LogP contribution is -2.75. The molecule has 1 aromatic heterocycles. The molecule has 3 rings (SSSR count). The van der Waals surface area contributed by atoms with Crippen molar-refractivity contribution in [3.05, 3.63) is 11.2 Å². The van der Waals surface area contributed by atoms with Crippen LogP contribution in [0.3, 0.4) is 0 Å². The first-order valence-corrected chi connectivity index (χ1v) is 10.9. The van der Waals surface area contributed by atoms with Gasteiger partial charge >= 0.3 is 12.2 Å². The summed E-state index contributed by atoms with van der Waals surface area (Å²) in [6.07, 6.45) is -1.47. The molecule has 0 spiro atoms. The number of fused-ring (bicyclic) bond motifs is 3. The second-order valence-electron chi connectivity index (χ2n) is 10.0. The van der Waals surface area contributed by atoms with E-state index in [1.807, 2.05) is 0 Å². The van der Waals surface area contributed by atoms with Gasteiger partial charge in [-0.25, -0.2) is 9.59 Å². The Kier molecular flexibility index (Phi) is 6.51. The van der Waals surface area contributed by atoms with Gasteiger partial charge in [0.15, 0.2) is 16.5 Å². The van der Waals surface area contributed by atoms with E-state index in [1.165, 1.54) is 18.1 Å². The van der Waals surface area contributed by atoms with E-state index in [9.17, 15) is 14.4 Å². The molecule has 1 saturated heterocycles. The Balaban J connectivity index is 2.10. The number of rotatable bonds is 2. The molecule has 0 radical (unpaired) electrons. The van der Waals surface area contributed by atoms with Crippen LogP contribution in [0.25, 0.3) is 0 Å². The average Bonchev–Trinajstić information content (AvgIpc) is 2.66. The number of carbonyl (C=O) groups excluding carboxylic acids is 3. The monoisotopic (exact) mass is 483 g/mol. The maximum Gasteiger partial charge on any atom is 0.423 e. The first-order valence-electron chi connectivity index (χ1n) is 10.5. The minimum Gasteiger partial charge on any atom is -0.444 e. The summed E-state index contributed by atoms with van der Waals surface area (Å²) in [5, 5.41) is 7.93. The third-order valence-corrected chi connectivity index (χ3v) is 5.19. The van der Waals surface area contributed by atoms with E-state index in [2.05, 4.69) is 10.2 Å². The van der Waals surface area contributed by atoms with Gasteiger partial charge in [-0.15, -0.1) is 10.2 Å². The Morgan fingerprint density at radius 2 is 1.67 bits per heavy atom. The van der Waals surface area contributed by atoms with Gasteiger partial charge in [-0.1, -0.05) is 11.6 Å². The fourth-order valence-electron chi connectivity index (χ4n) is 3.85. The van der Waals surface area contributed by atoms with Crippen molar-refractivity contribution in [3.63, 3.8) is 0 Å². The lowest BCUT2D eigenvalue weighted by molar-refractivity contribution is -0.127. The molecule has 0 aliphatic carbocycles. The summed E-state index contributed by atoms with van der Waals surface area (Å²) < 4.78 is 16.4. The van der Waals surface area contributed by atoms with E-state index in [4.69, 9.17) is 25.8 Å². The van der Waals surface area contributed by atoms with E-state index in [1.54, 1.807) is 46.4 Å². The Bertz CT molecular complexity index is 959. The molecule has 182 valence electrons. The molecular formula is C21H30ClN5O6. The number of halogens is 1. The third kappa shape index (κ3) is 4.98. The minimum atomic E-state index is -1.43. The summed E-state index contributed by atoms with van der Waals surface area (Å²) in [6.45, 7) is 10.7. The fraction of sp³-hybridized carbons (Fsp3) is 0.667. The highest BCUT2D eigenvalue weighted by molar-refractivity contribution is 6.30. The normalized spacial score (nSPS) is 20.8. The highest BCUT2D eigenvalue weighted by Crippen LogP contribution is 2.42. The van der Waals surface area contributed by atoms with Crippen molar-refractivity contribution in [2.75, 3.05) is 43.2 Å². The Hall–Kier alpha value is -2.66. The van der Waals surface area contributed by atoms with E-state index in [0.717, 1.165) is 4.90 Å². The number of nitrogens with zero attached hydrogens (tertiary/aromatic N) is 5. The molecule has 0 aromatic carbocycles. The molecule has 1 atom stereocenters. The molecule has 12 heteroatoms. The average molecular weight is 484 g/mol. The number of piperazine rings is 1. The summed E-state index contributed by atoms with van der Waals surface area (Å²) in [5.41, 5.74) is -2.59. The molecular weight excluding hydrogens is 454 g/mol. The van der Waals surface area contributed by atoms with Crippen LogP contribution in [0.1, 0.15) is 41.5 Å². The number of aromatic nitrogens is 2. The zero-order valence-electron chi connectivity index (χ0n) is 20.0. The van der Waals surface area contributed by atoms with E-state index < -0.39 is 34.8 Å². The van der Waals surface area contributed by atoms with Crippen LogP contribution in [-0.4, -0.2) is 83.3 Å². The summed E-state index contributed by atoms with van der Waals surface area (Å²) in [4.78, 5) is 43.9. The van der Waals surface area contributed by atoms with Crippen molar-refractivity contribution in [2.24, 2.45) is 0 Å². The number of hydrogen-bond donors (Lipinski definition) is 0. The number of imide groups is 1. The van der Waals surface area contributed by atoms with Crippen LogP contribution in [0.15, 0.2) is 6.07 Å². The lowest BCUT2D eigenvalue weighted by atomic mass is 9.89. The standard InChI is InChI=1S/C21H30ClN5O6/c1-19(2,3)32-17(29)25-8-9-26-13-10-14(22)23-24-15(13)27(18(30)33-20(4,5)6)16(28)21(26,11-25)12-31-7/h10H,8-9,11-12H2,1-7H3. The Morgan fingerprint density at radius 3 is 2.24 bits per heavy atom. The molecule has 1 fully saturated rings. The Morgan fingerprint density at radius 1 is 1.06 bits per heavy atom. The maximum absolute atomic E-state index is 13.9. The van der Waals surface area contributed by atoms with Gasteiger partial charge < -0.3 is 24.0 Å². The molecule has 3 amide bonds. The Labute approximate surface area is 197 Å². The van der Waals surface area contributed by atoms with Crippen LogP contribution in [0.5, 0.6) is 0 Å². The predicted octanol–water partition coefficient (Wildman–Crippen LogP) is 2.85.